The molecule has 0 saturated carbocycles. The van der Waals surface area contributed by atoms with Gasteiger partial charge in [0.15, 0.2) is 5.65 Å². The van der Waals surface area contributed by atoms with Gasteiger partial charge in [-0.1, -0.05) is 18.2 Å². The molecule has 0 unspecified atom stereocenters. The second-order valence-electron chi connectivity index (χ2n) is 5.31. The van der Waals surface area contributed by atoms with Crippen LogP contribution in [0.4, 0.5) is 5.69 Å². The molecule has 0 aliphatic carbocycles. The number of aromatic nitrogens is 3. The van der Waals surface area contributed by atoms with Gasteiger partial charge in [0.2, 0.25) is 0 Å². The molecule has 0 aliphatic heterocycles. The van der Waals surface area contributed by atoms with E-state index in [1.807, 2.05) is 42.5 Å². The first kappa shape index (κ1) is 15.9. The number of carbonyl (C=O) groups excluding carboxylic acids is 1. The van der Waals surface area contributed by atoms with Crippen molar-refractivity contribution in [1.82, 2.24) is 15.2 Å². The largest absolute Gasteiger partial charge is 0.330 e. The van der Waals surface area contributed by atoms with Crippen LogP contribution < -0.4 is 10.6 Å². The van der Waals surface area contributed by atoms with Crippen LogP contribution in [0.5, 0.6) is 0 Å². The summed E-state index contributed by atoms with van der Waals surface area (Å²) >= 11 is 0. The summed E-state index contributed by atoms with van der Waals surface area (Å²) in [7, 11) is 0. The Balaban J connectivity index is 1.82. The fraction of sp³-hybridized carbons (Fsp3) is 0.167. The van der Waals surface area contributed by atoms with Crippen LogP contribution >= 0.6 is 0 Å². The Kier molecular flexibility index (Phi) is 4.98. The lowest BCUT2D eigenvalue weighted by Crippen LogP contribution is -2.31. The Morgan fingerprint density at radius 2 is 2.04 bits per heavy atom. The van der Waals surface area contributed by atoms with Crippen LogP contribution in [0.25, 0.3) is 17.1 Å². The highest BCUT2D eigenvalue weighted by molar-refractivity contribution is 6.04. The summed E-state index contributed by atoms with van der Waals surface area (Å²) in [5, 5.41) is 7.91. The number of carbonyl (C=O) groups is 1. The van der Waals surface area contributed by atoms with Crippen LogP contribution in [-0.2, 0) is 4.79 Å². The van der Waals surface area contributed by atoms with Crippen molar-refractivity contribution in [2.75, 3.05) is 18.0 Å². The molecule has 6 heteroatoms. The van der Waals surface area contributed by atoms with E-state index in [1.54, 1.807) is 23.2 Å². The second kappa shape index (κ2) is 7.52. The summed E-state index contributed by atoms with van der Waals surface area (Å²) in [5.41, 5.74) is 7.84. The second-order valence-corrected chi connectivity index (χ2v) is 5.31. The molecular formula is C18H19N5O. The number of hydrogen-bond donors (Lipinski definition) is 2. The van der Waals surface area contributed by atoms with Gasteiger partial charge in [-0.3, -0.25) is 9.89 Å². The molecule has 0 fully saturated rings. The number of hydrogen-bond acceptors (Lipinski definition) is 4. The number of H-pyrrole nitrogens is 1. The van der Waals surface area contributed by atoms with Crippen molar-refractivity contribution in [3.63, 3.8) is 0 Å². The molecule has 0 radical (unpaired) electrons. The van der Waals surface area contributed by atoms with E-state index in [4.69, 9.17) is 5.73 Å². The lowest BCUT2D eigenvalue weighted by molar-refractivity contribution is -0.114. The molecule has 3 rings (SSSR count). The summed E-state index contributed by atoms with van der Waals surface area (Å²) in [6.45, 7) is 1.12. The zero-order valence-corrected chi connectivity index (χ0v) is 13.2. The van der Waals surface area contributed by atoms with Gasteiger partial charge in [0.05, 0.1) is 5.69 Å². The molecule has 3 N–H and O–H groups in total. The van der Waals surface area contributed by atoms with Crippen molar-refractivity contribution in [2.45, 2.75) is 6.42 Å². The molecule has 3 aromatic rings. The predicted octanol–water partition coefficient (Wildman–Crippen LogP) is 2.35. The first-order valence-corrected chi connectivity index (χ1v) is 7.83. The van der Waals surface area contributed by atoms with Gasteiger partial charge >= 0.3 is 0 Å². The molecule has 24 heavy (non-hydrogen) atoms. The van der Waals surface area contributed by atoms with Crippen LogP contribution in [0.3, 0.4) is 0 Å². The van der Waals surface area contributed by atoms with E-state index >= 15 is 0 Å². The fourth-order valence-corrected chi connectivity index (χ4v) is 2.47. The van der Waals surface area contributed by atoms with E-state index < -0.39 is 0 Å². The van der Waals surface area contributed by atoms with E-state index in [9.17, 15) is 4.79 Å². The topological polar surface area (TPSA) is 87.9 Å². The minimum atomic E-state index is -0.0960. The maximum Gasteiger partial charge on any atom is 0.251 e. The first-order valence-electron chi connectivity index (χ1n) is 7.83. The highest BCUT2D eigenvalue weighted by atomic mass is 16.2. The Morgan fingerprint density at radius 1 is 1.21 bits per heavy atom. The molecule has 0 spiro atoms. The fourth-order valence-electron chi connectivity index (χ4n) is 2.47. The molecule has 0 saturated heterocycles. The number of nitrogens with one attached hydrogen (secondary N) is 1. The third kappa shape index (κ3) is 3.49. The Bertz CT molecular complexity index is 841. The average Bonchev–Trinajstić information content (AvgIpc) is 3.04. The first-order chi connectivity index (χ1) is 11.8. The predicted molar refractivity (Wildman–Crippen MR) is 95.4 cm³/mol. The van der Waals surface area contributed by atoms with Crippen molar-refractivity contribution in [2.24, 2.45) is 5.73 Å². The van der Waals surface area contributed by atoms with Gasteiger partial charge in [-0.25, -0.2) is 4.98 Å². The number of benzene rings is 1. The molecule has 2 aromatic heterocycles. The highest BCUT2D eigenvalue weighted by Crippen LogP contribution is 2.17. The third-order valence-electron chi connectivity index (χ3n) is 3.67. The number of nitrogens with two attached hydrogens (primary N) is 1. The number of amides is 1. The molecular weight excluding hydrogens is 302 g/mol. The number of aromatic amines is 1. The minimum Gasteiger partial charge on any atom is -0.330 e. The van der Waals surface area contributed by atoms with Crippen molar-refractivity contribution in [3.8, 4) is 0 Å². The highest BCUT2D eigenvalue weighted by Gasteiger charge is 2.12. The quantitative estimate of drug-likeness (QED) is 0.682. The molecule has 2 heterocycles. The third-order valence-corrected chi connectivity index (χ3v) is 3.67. The van der Waals surface area contributed by atoms with Crippen molar-refractivity contribution in [1.29, 1.82) is 0 Å². The summed E-state index contributed by atoms with van der Waals surface area (Å²) in [6, 6.07) is 13.3. The molecule has 6 nitrogen and oxygen atoms in total. The van der Waals surface area contributed by atoms with Crippen LogP contribution in [0.2, 0.25) is 0 Å². The maximum atomic E-state index is 12.6. The van der Waals surface area contributed by atoms with Gasteiger partial charge in [0.25, 0.3) is 5.91 Å². The van der Waals surface area contributed by atoms with E-state index in [-0.39, 0.29) is 5.91 Å². The number of rotatable bonds is 6. The van der Waals surface area contributed by atoms with Crippen LogP contribution in [-0.4, -0.2) is 34.2 Å². The van der Waals surface area contributed by atoms with Crippen LogP contribution in [0.15, 0.2) is 54.7 Å². The lowest BCUT2D eigenvalue weighted by Gasteiger charge is -2.21. The Hall–Kier alpha value is -2.99. The zero-order chi connectivity index (χ0) is 16.8. The summed E-state index contributed by atoms with van der Waals surface area (Å²) in [5.74, 6) is -0.0960. The number of pyridine rings is 1. The zero-order valence-electron chi connectivity index (χ0n) is 13.2. The summed E-state index contributed by atoms with van der Waals surface area (Å²) < 4.78 is 0. The van der Waals surface area contributed by atoms with Gasteiger partial charge < -0.3 is 10.6 Å². The van der Waals surface area contributed by atoms with Gasteiger partial charge in [-0.15, -0.1) is 0 Å². The standard InChI is InChI=1S/C18H19N5O/c19-11-5-13-23(14-6-2-1-3-7-14)17(24)10-9-16-15-8-4-12-20-18(15)22-21-16/h1-4,6-10,12H,5,11,13,19H2,(H,20,21,22). The van der Waals surface area contributed by atoms with E-state index in [2.05, 4.69) is 15.2 Å². The molecule has 0 atom stereocenters. The average molecular weight is 321 g/mol. The number of para-hydroxylation sites is 1. The van der Waals surface area contributed by atoms with Crippen molar-refractivity contribution < 1.29 is 4.79 Å². The monoisotopic (exact) mass is 321 g/mol. The molecule has 0 aliphatic rings. The van der Waals surface area contributed by atoms with Crippen molar-refractivity contribution in [3.05, 3.63) is 60.4 Å². The molecule has 1 amide bonds. The van der Waals surface area contributed by atoms with Gasteiger partial charge in [-0.2, -0.15) is 5.10 Å². The van der Waals surface area contributed by atoms with Crippen LogP contribution in [0, 0.1) is 0 Å². The SMILES string of the molecule is NCCCN(C(=O)C=Cc1[nH]nc2ncccc12)c1ccccc1. The Morgan fingerprint density at radius 3 is 2.83 bits per heavy atom. The van der Waals surface area contributed by atoms with Gasteiger partial charge in [0, 0.05) is 29.9 Å². The van der Waals surface area contributed by atoms with Crippen LogP contribution in [0.1, 0.15) is 12.1 Å². The van der Waals surface area contributed by atoms with E-state index in [0.717, 1.165) is 23.2 Å². The Labute approximate surface area is 140 Å². The van der Waals surface area contributed by atoms with Crippen molar-refractivity contribution >= 4 is 28.7 Å². The molecule has 1 aromatic carbocycles. The normalized spacial score (nSPS) is 11.2. The van der Waals surface area contributed by atoms with E-state index in [0.29, 0.717) is 18.7 Å². The summed E-state index contributed by atoms with van der Waals surface area (Å²) in [4.78, 5) is 18.5. The minimum absolute atomic E-state index is 0.0960. The number of nitrogens with zero attached hydrogens (tertiary/aromatic N) is 3. The maximum absolute atomic E-state index is 12.6. The number of anilines is 1. The number of fused-ring (bicyclic) bond motifs is 1. The lowest BCUT2D eigenvalue weighted by atomic mass is 10.2. The van der Waals surface area contributed by atoms with E-state index in [1.165, 1.54) is 0 Å². The molecule has 122 valence electrons. The van der Waals surface area contributed by atoms with Gasteiger partial charge in [0.1, 0.15) is 0 Å². The summed E-state index contributed by atoms with van der Waals surface area (Å²) in [6.07, 6.45) is 5.71. The van der Waals surface area contributed by atoms with Gasteiger partial charge in [-0.05, 0) is 43.3 Å². The molecule has 0 bridgehead atoms. The smallest absolute Gasteiger partial charge is 0.251 e.